The first-order valence-corrected chi connectivity index (χ1v) is 6.90. The number of allylic oxidation sites excluding steroid dienone is 2. The molecular weight excluding hydrogens is 290 g/mol. The summed E-state index contributed by atoms with van der Waals surface area (Å²) in [5.41, 5.74) is 0.626. The SMILES string of the molecule is N#CC1C(=N)OC2=C(C(=O)CCC2)C1c1ccc(F)c(F)c1. The maximum absolute atomic E-state index is 13.5. The third-order valence-corrected chi connectivity index (χ3v) is 4.01. The van der Waals surface area contributed by atoms with Crippen LogP contribution in [0.4, 0.5) is 8.78 Å². The Morgan fingerprint density at radius 2 is 2.05 bits per heavy atom. The van der Waals surface area contributed by atoms with Crippen LogP contribution < -0.4 is 0 Å². The van der Waals surface area contributed by atoms with Crippen molar-refractivity contribution < 1.29 is 18.3 Å². The van der Waals surface area contributed by atoms with E-state index in [0.717, 1.165) is 12.1 Å². The topological polar surface area (TPSA) is 73.9 Å². The Labute approximate surface area is 125 Å². The summed E-state index contributed by atoms with van der Waals surface area (Å²) in [6, 6.07) is 5.23. The first-order valence-electron chi connectivity index (χ1n) is 6.90. The maximum atomic E-state index is 13.5. The first-order chi connectivity index (χ1) is 10.5. The molecule has 1 aliphatic heterocycles. The van der Waals surface area contributed by atoms with E-state index in [2.05, 4.69) is 0 Å². The molecule has 1 N–H and O–H groups in total. The van der Waals surface area contributed by atoms with Crippen LogP contribution in [0.2, 0.25) is 0 Å². The van der Waals surface area contributed by atoms with Gasteiger partial charge in [0, 0.05) is 24.3 Å². The summed E-state index contributed by atoms with van der Waals surface area (Å²) in [7, 11) is 0. The van der Waals surface area contributed by atoms with Gasteiger partial charge in [0.1, 0.15) is 11.7 Å². The van der Waals surface area contributed by atoms with Gasteiger partial charge in [-0.05, 0) is 24.1 Å². The summed E-state index contributed by atoms with van der Waals surface area (Å²) in [5.74, 6) is -3.90. The van der Waals surface area contributed by atoms with E-state index < -0.39 is 23.5 Å². The van der Waals surface area contributed by atoms with Gasteiger partial charge in [0.05, 0.1) is 6.07 Å². The van der Waals surface area contributed by atoms with E-state index >= 15 is 0 Å². The third kappa shape index (κ3) is 2.19. The maximum Gasteiger partial charge on any atom is 0.205 e. The van der Waals surface area contributed by atoms with E-state index in [1.807, 2.05) is 6.07 Å². The molecule has 0 saturated carbocycles. The molecule has 1 aromatic rings. The molecule has 22 heavy (non-hydrogen) atoms. The Bertz CT molecular complexity index is 749. The number of hydrogen-bond acceptors (Lipinski definition) is 4. The highest BCUT2D eigenvalue weighted by Gasteiger charge is 2.42. The van der Waals surface area contributed by atoms with Gasteiger partial charge in [-0.15, -0.1) is 0 Å². The van der Waals surface area contributed by atoms with E-state index in [0.29, 0.717) is 36.2 Å². The summed E-state index contributed by atoms with van der Waals surface area (Å²) < 4.78 is 32.0. The zero-order chi connectivity index (χ0) is 15.9. The molecule has 1 aliphatic carbocycles. The van der Waals surface area contributed by atoms with Crippen molar-refractivity contribution >= 4 is 11.7 Å². The lowest BCUT2D eigenvalue weighted by atomic mass is 9.74. The number of halogens is 2. The first kappa shape index (κ1) is 14.4. The summed E-state index contributed by atoms with van der Waals surface area (Å²) in [5, 5.41) is 17.2. The monoisotopic (exact) mass is 302 g/mol. The number of rotatable bonds is 1. The van der Waals surface area contributed by atoms with Crippen LogP contribution in [-0.4, -0.2) is 11.7 Å². The minimum absolute atomic E-state index is 0.163. The predicted molar refractivity (Wildman–Crippen MR) is 72.9 cm³/mol. The zero-order valence-corrected chi connectivity index (χ0v) is 11.5. The number of carbonyl (C=O) groups excluding carboxylic acids is 1. The van der Waals surface area contributed by atoms with Crippen LogP contribution in [0, 0.1) is 34.3 Å². The fraction of sp³-hybridized carbons (Fsp3) is 0.312. The molecule has 0 amide bonds. The quantitative estimate of drug-likeness (QED) is 0.865. The molecule has 0 spiro atoms. The Hall–Kier alpha value is -2.55. The van der Waals surface area contributed by atoms with Crippen molar-refractivity contribution in [1.29, 1.82) is 10.7 Å². The predicted octanol–water partition coefficient (Wildman–Crippen LogP) is 3.20. The summed E-state index contributed by atoms with van der Waals surface area (Å²) in [4.78, 5) is 12.2. The average Bonchev–Trinajstić information content (AvgIpc) is 2.49. The highest BCUT2D eigenvalue weighted by atomic mass is 19.2. The van der Waals surface area contributed by atoms with Crippen LogP contribution in [0.25, 0.3) is 0 Å². The van der Waals surface area contributed by atoms with Crippen LogP contribution in [0.5, 0.6) is 0 Å². The van der Waals surface area contributed by atoms with Gasteiger partial charge >= 0.3 is 0 Å². The molecule has 2 atom stereocenters. The molecule has 0 radical (unpaired) electrons. The summed E-state index contributed by atoms with van der Waals surface area (Å²) in [6.07, 6.45) is 1.45. The lowest BCUT2D eigenvalue weighted by Gasteiger charge is -2.34. The number of ketones is 1. The van der Waals surface area contributed by atoms with Gasteiger partial charge in [-0.2, -0.15) is 5.26 Å². The summed E-state index contributed by atoms with van der Waals surface area (Å²) in [6.45, 7) is 0. The van der Waals surface area contributed by atoms with Crippen molar-refractivity contribution in [3.8, 4) is 6.07 Å². The number of carbonyl (C=O) groups is 1. The van der Waals surface area contributed by atoms with E-state index in [9.17, 15) is 18.8 Å². The molecule has 112 valence electrons. The van der Waals surface area contributed by atoms with Gasteiger partial charge in [-0.25, -0.2) is 8.78 Å². The normalized spacial score (nSPS) is 24.6. The number of nitrogens with zero attached hydrogens (tertiary/aromatic N) is 1. The molecule has 1 heterocycles. The average molecular weight is 302 g/mol. The zero-order valence-electron chi connectivity index (χ0n) is 11.5. The number of benzene rings is 1. The smallest absolute Gasteiger partial charge is 0.205 e. The van der Waals surface area contributed by atoms with Crippen LogP contribution in [-0.2, 0) is 9.53 Å². The molecule has 2 unspecified atom stereocenters. The minimum Gasteiger partial charge on any atom is -0.446 e. The van der Waals surface area contributed by atoms with Crippen LogP contribution in [0.3, 0.4) is 0 Å². The second kappa shape index (κ2) is 5.34. The van der Waals surface area contributed by atoms with Gasteiger partial charge in [0.15, 0.2) is 17.4 Å². The Kier molecular flexibility index (Phi) is 3.49. The fourth-order valence-corrected chi connectivity index (χ4v) is 3.00. The highest BCUT2D eigenvalue weighted by molar-refractivity contribution is 6.01. The van der Waals surface area contributed by atoms with E-state index in [-0.39, 0.29) is 11.7 Å². The molecule has 2 aliphatic rings. The molecule has 0 aromatic heterocycles. The largest absolute Gasteiger partial charge is 0.446 e. The van der Waals surface area contributed by atoms with Crippen LogP contribution in [0.15, 0.2) is 29.5 Å². The molecular formula is C16H12F2N2O2. The molecule has 0 bridgehead atoms. The van der Waals surface area contributed by atoms with E-state index in [1.165, 1.54) is 6.07 Å². The third-order valence-electron chi connectivity index (χ3n) is 4.01. The molecule has 0 saturated heterocycles. The van der Waals surface area contributed by atoms with E-state index in [1.54, 1.807) is 0 Å². The standard InChI is InChI=1S/C16H12F2N2O2/c17-10-5-4-8(6-11(10)18)14-9(7-19)16(20)22-13-3-1-2-12(21)15(13)14/h4-6,9,14,20H,1-3H2. The second-order valence-corrected chi connectivity index (χ2v) is 5.34. The van der Waals surface area contributed by atoms with Crippen molar-refractivity contribution in [2.75, 3.05) is 0 Å². The van der Waals surface area contributed by atoms with Crippen LogP contribution in [0.1, 0.15) is 30.7 Å². The lowest BCUT2D eigenvalue weighted by Crippen LogP contribution is -2.34. The number of Topliss-reactive ketones (excluding diaryl/α,β-unsaturated/α-hetero) is 1. The van der Waals surface area contributed by atoms with Crippen molar-refractivity contribution in [2.45, 2.75) is 25.2 Å². The number of nitriles is 1. The summed E-state index contributed by atoms with van der Waals surface area (Å²) >= 11 is 0. The van der Waals surface area contributed by atoms with Gasteiger partial charge in [-0.3, -0.25) is 10.2 Å². The molecule has 4 nitrogen and oxygen atoms in total. The van der Waals surface area contributed by atoms with Crippen LogP contribution >= 0.6 is 0 Å². The molecule has 3 rings (SSSR count). The van der Waals surface area contributed by atoms with Gasteiger partial charge < -0.3 is 4.74 Å². The molecule has 6 heteroatoms. The second-order valence-electron chi connectivity index (χ2n) is 5.34. The Morgan fingerprint density at radius 1 is 1.27 bits per heavy atom. The van der Waals surface area contributed by atoms with Gasteiger partial charge in [-0.1, -0.05) is 6.07 Å². The number of nitrogens with one attached hydrogen (secondary N) is 1. The van der Waals surface area contributed by atoms with Crippen molar-refractivity contribution in [3.05, 3.63) is 46.7 Å². The Balaban J connectivity index is 2.18. The minimum atomic E-state index is -1.04. The van der Waals surface area contributed by atoms with Gasteiger partial charge in [0.25, 0.3) is 0 Å². The van der Waals surface area contributed by atoms with Crippen molar-refractivity contribution in [3.63, 3.8) is 0 Å². The highest BCUT2D eigenvalue weighted by Crippen LogP contribution is 2.43. The lowest BCUT2D eigenvalue weighted by molar-refractivity contribution is -0.116. The molecule has 0 fully saturated rings. The Morgan fingerprint density at radius 3 is 2.73 bits per heavy atom. The number of ether oxygens (including phenoxy) is 1. The van der Waals surface area contributed by atoms with Crippen molar-refractivity contribution in [1.82, 2.24) is 0 Å². The van der Waals surface area contributed by atoms with Crippen molar-refractivity contribution in [2.24, 2.45) is 5.92 Å². The fourth-order valence-electron chi connectivity index (χ4n) is 3.00. The number of hydrogen-bond donors (Lipinski definition) is 1. The van der Waals surface area contributed by atoms with E-state index in [4.69, 9.17) is 10.1 Å². The van der Waals surface area contributed by atoms with Gasteiger partial charge in [0.2, 0.25) is 5.90 Å². The molecule has 1 aromatic carbocycles.